The van der Waals surface area contributed by atoms with Gasteiger partial charge in [-0.05, 0) is 43.3 Å². The normalized spacial score (nSPS) is 13.7. The van der Waals surface area contributed by atoms with Crippen LogP contribution in [0.15, 0.2) is 53.1 Å². The Hall–Kier alpha value is -2.64. The van der Waals surface area contributed by atoms with Gasteiger partial charge in [0.1, 0.15) is 19.5 Å². The van der Waals surface area contributed by atoms with Gasteiger partial charge in [0.2, 0.25) is 11.8 Å². The van der Waals surface area contributed by atoms with E-state index in [0.29, 0.717) is 47.1 Å². The van der Waals surface area contributed by atoms with Crippen molar-refractivity contribution >= 4 is 35.0 Å². The SMILES string of the molecule is CC(SCc1coc(-c2ccc(Cl)cc2)n1)C(=O)Nc1ccc2c(c1)OCCO2. The zero-order chi connectivity index (χ0) is 20.2. The highest BCUT2D eigenvalue weighted by atomic mass is 35.5. The van der Waals surface area contributed by atoms with E-state index in [9.17, 15) is 4.79 Å². The van der Waals surface area contributed by atoms with E-state index in [1.54, 1.807) is 36.6 Å². The molecule has 4 rings (SSSR count). The van der Waals surface area contributed by atoms with Crippen molar-refractivity contribution in [3.05, 3.63) is 59.4 Å². The zero-order valence-corrected chi connectivity index (χ0v) is 17.3. The number of anilines is 1. The van der Waals surface area contributed by atoms with Gasteiger partial charge in [-0.15, -0.1) is 11.8 Å². The Morgan fingerprint density at radius 3 is 2.72 bits per heavy atom. The van der Waals surface area contributed by atoms with Crippen molar-refractivity contribution in [1.29, 1.82) is 0 Å². The van der Waals surface area contributed by atoms with Gasteiger partial charge in [0, 0.05) is 28.1 Å². The van der Waals surface area contributed by atoms with Crippen LogP contribution in [0.25, 0.3) is 11.5 Å². The van der Waals surface area contributed by atoms with Crippen molar-refractivity contribution in [2.24, 2.45) is 0 Å². The molecule has 2 heterocycles. The van der Waals surface area contributed by atoms with Crippen molar-refractivity contribution in [2.45, 2.75) is 17.9 Å². The molecule has 1 aliphatic rings. The maximum Gasteiger partial charge on any atom is 0.237 e. The van der Waals surface area contributed by atoms with Gasteiger partial charge in [0.25, 0.3) is 0 Å². The summed E-state index contributed by atoms with van der Waals surface area (Å²) in [5, 5.41) is 3.31. The maximum absolute atomic E-state index is 12.5. The van der Waals surface area contributed by atoms with Crippen molar-refractivity contribution in [2.75, 3.05) is 18.5 Å². The number of fused-ring (bicyclic) bond motifs is 1. The Balaban J connectivity index is 1.32. The Morgan fingerprint density at radius 1 is 1.17 bits per heavy atom. The number of carbonyl (C=O) groups excluding carboxylic acids is 1. The molecule has 6 nitrogen and oxygen atoms in total. The smallest absolute Gasteiger partial charge is 0.237 e. The first kappa shape index (κ1) is 19.7. The van der Waals surface area contributed by atoms with E-state index in [1.165, 1.54) is 11.8 Å². The van der Waals surface area contributed by atoms with Gasteiger partial charge in [-0.25, -0.2) is 4.98 Å². The molecular weight excluding hydrogens is 412 g/mol. The number of amides is 1. The topological polar surface area (TPSA) is 73.6 Å². The summed E-state index contributed by atoms with van der Waals surface area (Å²) in [6.45, 7) is 2.90. The van der Waals surface area contributed by atoms with Crippen LogP contribution in [0, 0.1) is 0 Å². The molecule has 3 aromatic rings. The summed E-state index contributed by atoms with van der Waals surface area (Å²) in [5.41, 5.74) is 2.31. The summed E-state index contributed by atoms with van der Waals surface area (Å²) >= 11 is 7.39. The van der Waals surface area contributed by atoms with Gasteiger partial charge < -0.3 is 19.2 Å². The molecule has 8 heteroatoms. The molecule has 0 saturated carbocycles. The highest BCUT2D eigenvalue weighted by Crippen LogP contribution is 2.33. The lowest BCUT2D eigenvalue weighted by Crippen LogP contribution is -2.23. The zero-order valence-electron chi connectivity index (χ0n) is 15.7. The summed E-state index contributed by atoms with van der Waals surface area (Å²) in [7, 11) is 0. The molecule has 150 valence electrons. The second-order valence-corrected chi connectivity index (χ2v) is 8.22. The Kier molecular flexibility index (Phi) is 5.97. The predicted molar refractivity (Wildman–Crippen MR) is 114 cm³/mol. The minimum Gasteiger partial charge on any atom is -0.486 e. The molecule has 29 heavy (non-hydrogen) atoms. The quantitative estimate of drug-likeness (QED) is 0.591. The number of halogens is 1. The number of hydrogen-bond acceptors (Lipinski definition) is 6. The van der Waals surface area contributed by atoms with E-state index >= 15 is 0 Å². The van der Waals surface area contributed by atoms with Crippen molar-refractivity contribution in [3.63, 3.8) is 0 Å². The number of rotatable bonds is 6. The molecule has 1 N–H and O–H groups in total. The number of thioether (sulfide) groups is 1. The Bertz CT molecular complexity index is 1010. The molecule has 0 saturated heterocycles. The van der Waals surface area contributed by atoms with E-state index in [2.05, 4.69) is 10.3 Å². The molecule has 0 fully saturated rings. The number of benzene rings is 2. The van der Waals surface area contributed by atoms with Gasteiger partial charge in [0.05, 0.1) is 10.9 Å². The van der Waals surface area contributed by atoms with Crippen LogP contribution in [0.4, 0.5) is 5.69 Å². The van der Waals surface area contributed by atoms with Crippen LogP contribution in [0.3, 0.4) is 0 Å². The van der Waals surface area contributed by atoms with Crippen LogP contribution in [-0.4, -0.2) is 29.4 Å². The highest BCUT2D eigenvalue weighted by molar-refractivity contribution is 7.99. The number of carbonyl (C=O) groups is 1. The first-order valence-electron chi connectivity index (χ1n) is 9.11. The minimum atomic E-state index is -0.265. The van der Waals surface area contributed by atoms with Gasteiger partial charge in [-0.1, -0.05) is 11.6 Å². The molecule has 2 aromatic carbocycles. The lowest BCUT2D eigenvalue weighted by atomic mass is 10.2. The largest absolute Gasteiger partial charge is 0.486 e. The lowest BCUT2D eigenvalue weighted by Gasteiger charge is -2.19. The van der Waals surface area contributed by atoms with Gasteiger partial charge in [-0.2, -0.15) is 0 Å². The summed E-state index contributed by atoms with van der Waals surface area (Å²) < 4.78 is 16.6. The molecule has 1 atom stereocenters. The Labute approximate surface area is 177 Å². The van der Waals surface area contributed by atoms with Crippen LogP contribution >= 0.6 is 23.4 Å². The molecule has 1 aliphatic heterocycles. The number of oxazole rings is 1. The van der Waals surface area contributed by atoms with Crippen molar-refractivity contribution < 1.29 is 18.7 Å². The minimum absolute atomic E-state index is 0.0897. The van der Waals surface area contributed by atoms with Gasteiger partial charge in [-0.3, -0.25) is 4.79 Å². The third-order valence-corrected chi connectivity index (χ3v) is 5.73. The van der Waals surface area contributed by atoms with Crippen LogP contribution < -0.4 is 14.8 Å². The Morgan fingerprint density at radius 2 is 1.93 bits per heavy atom. The number of aromatic nitrogens is 1. The molecule has 1 unspecified atom stereocenters. The number of hydrogen-bond donors (Lipinski definition) is 1. The summed E-state index contributed by atoms with van der Waals surface area (Å²) in [5.74, 6) is 2.34. The van der Waals surface area contributed by atoms with E-state index < -0.39 is 0 Å². The second-order valence-electron chi connectivity index (χ2n) is 6.45. The fourth-order valence-electron chi connectivity index (χ4n) is 2.75. The number of ether oxygens (including phenoxy) is 2. The molecule has 0 bridgehead atoms. The van der Waals surface area contributed by atoms with Crippen molar-refractivity contribution in [1.82, 2.24) is 4.98 Å². The molecule has 0 radical (unpaired) electrons. The summed E-state index contributed by atoms with van der Waals surface area (Å²) in [6, 6.07) is 12.7. The lowest BCUT2D eigenvalue weighted by molar-refractivity contribution is -0.115. The highest BCUT2D eigenvalue weighted by Gasteiger charge is 2.17. The molecule has 1 amide bonds. The second kappa shape index (κ2) is 8.80. The first-order valence-corrected chi connectivity index (χ1v) is 10.5. The fourth-order valence-corrected chi connectivity index (χ4v) is 3.64. The third-order valence-electron chi connectivity index (χ3n) is 4.30. The number of nitrogens with one attached hydrogen (secondary N) is 1. The predicted octanol–water partition coefficient (Wildman–Crippen LogP) is 5.03. The third kappa shape index (κ3) is 4.86. The number of nitrogens with zero attached hydrogens (tertiary/aromatic N) is 1. The molecular formula is C21H19ClN2O4S. The van der Waals surface area contributed by atoms with Crippen LogP contribution in [0.5, 0.6) is 11.5 Å². The first-order chi connectivity index (χ1) is 14.1. The van der Waals surface area contributed by atoms with E-state index in [0.717, 1.165) is 11.3 Å². The van der Waals surface area contributed by atoms with E-state index in [1.807, 2.05) is 19.1 Å². The van der Waals surface area contributed by atoms with Crippen LogP contribution in [0.1, 0.15) is 12.6 Å². The maximum atomic E-state index is 12.5. The fraction of sp³-hybridized carbons (Fsp3) is 0.238. The standard InChI is InChI=1S/C21H19ClN2O4S/c1-13(20(25)23-16-6-7-18-19(10-16)27-9-8-26-18)29-12-17-11-28-21(24-17)14-2-4-15(22)5-3-14/h2-7,10-11,13H,8-9,12H2,1H3,(H,23,25). The summed E-state index contributed by atoms with van der Waals surface area (Å²) in [4.78, 5) is 17.0. The molecule has 0 aliphatic carbocycles. The summed E-state index contributed by atoms with van der Waals surface area (Å²) in [6.07, 6.45) is 1.61. The van der Waals surface area contributed by atoms with Crippen LogP contribution in [-0.2, 0) is 10.5 Å². The van der Waals surface area contributed by atoms with Gasteiger partial charge in [0.15, 0.2) is 11.5 Å². The van der Waals surface area contributed by atoms with E-state index in [-0.39, 0.29) is 11.2 Å². The van der Waals surface area contributed by atoms with Gasteiger partial charge >= 0.3 is 0 Å². The monoisotopic (exact) mass is 430 g/mol. The average molecular weight is 431 g/mol. The van der Waals surface area contributed by atoms with Crippen LogP contribution in [0.2, 0.25) is 5.02 Å². The molecule has 0 spiro atoms. The van der Waals surface area contributed by atoms with E-state index in [4.69, 9.17) is 25.5 Å². The molecule has 1 aromatic heterocycles. The van der Waals surface area contributed by atoms with Crippen molar-refractivity contribution in [3.8, 4) is 23.0 Å². The average Bonchev–Trinajstić information content (AvgIpc) is 3.21.